The van der Waals surface area contributed by atoms with Crippen LogP contribution in [0.5, 0.6) is 5.75 Å². The van der Waals surface area contributed by atoms with Gasteiger partial charge in [0.25, 0.3) is 11.8 Å². The summed E-state index contributed by atoms with van der Waals surface area (Å²) >= 11 is 0. The Morgan fingerprint density at radius 1 is 1.17 bits per heavy atom. The van der Waals surface area contributed by atoms with Crippen LogP contribution in [0.15, 0.2) is 18.2 Å². The van der Waals surface area contributed by atoms with E-state index >= 15 is 0 Å². The highest BCUT2D eigenvalue weighted by Crippen LogP contribution is 2.29. The number of benzene rings is 1. The lowest BCUT2D eigenvalue weighted by atomic mass is 10.1. The van der Waals surface area contributed by atoms with Crippen LogP contribution in [0.25, 0.3) is 0 Å². The fourth-order valence-electron chi connectivity index (χ4n) is 2.99. The Kier molecular flexibility index (Phi) is 4.69. The van der Waals surface area contributed by atoms with Gasteiger partial charge in [0, 0.05) is 38.2 Å². The molecule has 128 valence electrons. The molecule has 2 aliphatic rings. The summed E-state index contributed by atoms with van der Waals surface area (Å²) in [5, 5.41) is 2.71. The molecular weight excluding hydrogens is 310 g/mol. The van der Waals surface area contributed by atoms with Crippen molar-refractivity contribution in [3.05, 3.63) is 23.8 Å². The van der Waals surface area contributed by atoms with E-state index in [2.05, 4.69) is 5.32 Å². The van der Waals surface area contributed by atoms with E-state index in [4.69, 9.17) is 4.74 Å². The topological polar surface area (TPSA) is 79.0 Å². The van der Waals surface area contributed by atoms with Gasteiger partial charge in [0.05, 0.1) is 5.69 Å². The second kappa shape index (κ2) is 6.90. The summed E-state index contributed by atoms with van der Waals surface area (Å²) < 4.78 is 5.31. The number of nitrogens with one attached hydrogen (secondary N) is 1. The van der Waals surface area contributed by atoms with Gasteiger partial charge >= 0.3 is 0 Å². The lowest BCUT2D eigenvalue weighted by Crippen LogP contribution is -2.37. The summed E-state index contributed by atoms with van der Waals surface area (Å²) in [6, 6.07) is 5.06. The molecule has 0 unspecified atom stereocenters. The second-order valence-electron chi connectivity index (χ2n) is 5.93. The van der Waals surface area contributed by atoms with Gasteiger partial charge in [-0.25, -0.2) is 0 Å². The first kappa shape index (κ1) is 16.3. The minimum Gasteiger partial charge on any atom is -0.482 e. The van der Waals surface area contributed by atoms with Gasteiger partial charge in [-0.2, -0.15) is 0 Å². The number of fused-ring (bicyclic) bond motifs is 1. The maximum atomic E-state index is 12.7. The Morgan fingerprint density at radius 3 is 2.71 bits per heavy atom. The highest BCUT2D eigenvalue weighted by atomic mass is 16.5. The van der Waals surface area contributed by atoms with Crippen molar-refractivity contribution in [1.82, 2.24) is 9.80 Å². The molecular formula is C17H21N3O4. The largest absolute Gasteiger partial charge is 0.482 e. The monoisotopic (exact) mass is 331 g/mol. The Morgan fingerprint density at radius 2 is 1.92 bits per heavy atom. The molecule has 2 heterocycles. The molecule has 0 aromatic heterocycles. The third kappa shape index (κ3) is 3.34. The zero-order chi connectivity index (χ0) is 17.1. The van der Waals surface area contributed by atoms with Crippen LogP contribution < -0.4 is 10.1 Å². The quantitative estimate of drug-likeness (QED) is 0.880. The van der Waals surface area contributed by atoms with E-state index in [-0.39, 0.29) is 24.3 Å². The van der Waals surface area contributed by atoms with Crippen LogP contribution in [-0.4, -0.2) is 60.3 Å². The van der Waals surface area contributed by atoms with Gasteiger partial charge in [0.2, 0.25) is 5.91 Å². The summed E-state index contributed by atoms with van der Waals surface area (Å²) in [7, 11) is 0. The third-order valence-electron chi connectivity index (χ3n) is 4.30. The number of nitrogens with zero attached hydrogens (tertiary/aromatic N) is 2. The predicted octanol–water partition coefficient (Wildman–Crippen LogP) is 1.10. The van der Waals surface area contributed by atoms with Crippen molar-refractivity contribution >= 4 is 23.4 Å². The van der Waals surface area contributed by atoms with Crippen molar-refractivity contribution in [2.75, 3.05) is 38.1 Å². The normalized spacial score (nSPS) is 17.5. The zero-order valence-electron chi connectivity index (χ0n) is 13.7. The summed E-state index contributed by atoms with van der Waals surface area (Å²) in [5.74, 6) is 0.374. The second-order valence-corrected chi connectivity index (χ2v) is 5.93. The summed E-state index contributed by atoms with van der Waals surface area (Å²) in [6.45, 7) is 4.22. The van der Waals surface area contributed by atoms with Gasteiger partial charge in [-0.3, -0.25) is 14.4 Å². The number of carbonyl (C=O) groups is 3. The fourth-order valence-corrected chi connectivity index (χ4v) is 2.99. The lowest BCUT2D eigenvalue weighted by Gasteiger charge is -2.23. The molecule has 3 amide bonds. The number of carbonyl (C=O) groups excluding carboxylic acids is 3. The van der Waals surface area contributed by atoms with E-state index in [1.54, 1.807) is 23.1 Å². The smallest absolute Gasteiger partial charge is 0.262 e. The Labute approximate surface area is 140 Å². The first-order valence-electron chi connectivity index (χ1n) is 8.22. The fraction of sp³-hybridized carbons (Fsp3) is 0.471. The molecule has 24 heavy (non-hydrogen) atoms. The molecule has 0 spiro atoms. The Bertz CT molecular complexity index is 674. The van der Waals surface area contributed by atoms with E-state index in [0.717, 1.165) is 6.42 Å². The average molecular weight is 331 g/mol. The van der Waals surface area contributed by atoms with Gasteiger partial charge in [-0.1, -0.05) is 6.92 Å². The van der Waals surface area contributed by atoms with Gasteiger partial charge in [0.1, 0.15) is 5.75 Å². The summed E-state index contributed by atoms with van der Waals surface area (Å²) in [6.07, 6.45) is 1.25. The van der Waals surface area contributed by atoms with E-state index in [0.29, 0.717) is 49.6 Å². The summed E-state index contributed by atoms with van der Waals surface area (Å²) in [5.41, 5.74) is 1.03. The van der Waals surface area contributed by atoms with Crippen molar-refractivity contribution < 1.29 is 19.1 Å². The van der Waals surface area contributed by atoms with E-state index in [1.807, 2.05) is 11.8 Å². The van der Waals surface area contributed by atoms with Crippen LogP contribution in [-0.2, 0) is 9.59 Å². The van der Waals surface area contributed by atoms with Crippen molar-refractivity contribution in [3.63, 3.8) is 0 Å². The molecule has 0 atom stereocenters. The molecule has 0 aliphatic carbocycles. The minimum absolute atomic E-state index is 0.00624. The maximum absolute atomic E-state index is 12.7. The number of hydrogen-bond donors (Lipinski definition) is 1. The SMILES string of the molecule is CCC(=O)N1CCCN(C(=O)c2ccc3c(c2)NC(=O)CO3)CC1. The molecule has 3 rings (SSSR count). The van der Waals surface area contributed by atoms with Crippen LogP contribution in [0.3, 0.4) is 0 Å². The van der Waals surface area contributed by atoms with Crippen molar-refractivity contribution in [2.24, 2.45) is 0 Å². The number of ether oxygens (including phenoxy) is 1. The molecule has 2 aliphatic heterocycles. The van der Waals surface area contributed by atoms with Crippen LogP contribution in [0, 0.1) is 0 Å². The van der Waals surface area contributed by atoms with Crippen LogP contribution in [0.2, 0.25) is 0 Å². The molecule has 1 N–H and O–H groups in total. The molecule has 0 bridgehead atoms. The van der Waals surface area contributed by atoms with Crippen LogP contribution >= 0.6 is 0 Å². The Balaban J connectivity index is 1.71. The van der Waals surface area contributed by atoms with Gasteiger partial charge in [-0.05, 0) is 24.6 Å². The number of rotatable bonds is 2. The van der Waals surface area contributed by atoms with Gasteiger partial charge in [-0.15, -0.1) is 0 Å². The zero-order valence-corrected chi connectivity index (χ0v) is 13.7. The van der Waals surface area contributed by atoms with E-state index in [9.17, 15) is 14.4 Å². The molecule has 0 saturated carbocycles. The van der Waals surface area contributed by atoms with E-state index in [1.165, 1.54) is 0 Å². The number of amides is 3. The molecule has 1 aromatic rings. The van der Waals surface area contributed by atoms with Crippen LogP contribution in [0.4, 0.5) is 5.69 Å². The molecule has 1 aromatic carbocycles. The molecule has 1 saturated heterocycles. The highest BCUT2D eigenvalue weighted by Gasteiger charge is 2.24. The number of hydrogen-bond acceptors (Lipinski definition) is 4. The summed E-state index contributed by atoms with van der Waals surface area (Å²) in [4.78, 5) is 39.5. The maximum Gasteiger partial charge on any atom is 0.262 e. The third-order valence-corrected chi connectivity index (χ3v) is 4.30. The first-order chi connectivity index (χ1) is 11.6. The highest BCUT2D eigenvalue weighted by molar-refractivity contribution is 5.99. The van der Waals surface area contributed by atoms with E-state index < -0.39 is 0 Å². The van der Waals surface area contributed by atoms with Crippen molar-refractivity contribution in [1.29, 1.82) is 0 Å². The lowest BCUT2D eigenvalue weighted by molar-refractivity contribution is -0.130. The Hall–Kier alpha value is -2.57. The predicted molar refractivity (Wildman–Crippen MR) is 88.0 cm³/mol. The van der Waals surface area contributed by atoms with Crippen molar-refractivity contribution in [3.8, 4) is 5.75 Å². The molecule has 0 radical (unpaired) electrons. The van der Waals surface area contributed by atoms with Crippen molar-refractivity contribution in [2.45, 2.75) is 19.8 Å². The van der Waals surface area contributed by atoms with Gasteiger partial charge in [0.15, 0.2) is 6.61 Å². The minimum atomic E-state index is -0.226. The average Bonchev–Trinajstić information content (AvgIpc) is 2.86. The molecule has 7 nitrogen and oxygen atoms in total. The molecule has 7 heteroatoms. The van der Waals surface area contributed by atoms with Gasteiger partial charge < -0.3 is 19.9 Å². The standard InChI is InChI=1S/C17H21N3O4/c1-2-16(22)19-6-3-7-20(9-8-19)17(23)12-4-5-14-13(10-12)18-15(21)11-24-14/h4-5,10H,2-3,6-9,11H2,1H3,(H,18,21). The molecule has 1 fully saturated rings. The van der Waals surface area contributed by atoms with Crippen LogP contribution in [0.1, 0.15) is 30.1 Å². The number of anilines is 1. The first-order valence-corrected chi connectivity index (χ1v) is 8.22.